The zero-order valence-corrected chi connectivity index (χ0v) is 33.6. The molecule has 0 spiro atoms. The first-order chi connectivity index (χ1) is 27.0. The quantitative estimate of drug-likeness (QED) is 0.120. The number of nitrogens with one attached hydrogen (secondary N) is 2. The van der Waals surface area contributed by atoms with Gasteiger partial charge in [-0.25, -0.2) is 42.2 Å². The maximum Gasteiger partial charge on any atom is 0.226 e. The van der Waals surface area contributed by atoms with Crippen LogP contribution in [0.2, 0.25) is 5.28 Å². The molecule has 0 radical (unpaired) electrons. The molecule has 296 valence electrons. The van der Waals surface area contributed by atoms with Crippen LogP contribution in [0.3, 0.4) is 0 Å². The van der Waals surface area contributed by atoms with Gasteiger partial charge in [0.1, 0.15) is 41.2 Å². The zero-order chi connectivity index (χ0) is 41.0. The zero-order valence-electron chi connectivity index (χ0n) is 32.8. The molecule has 2 N–H and O–H groups in total. The van der Waals surface area contributed by atoms with E-state index < -0.39 is 23.3 Å². The van der Waals surface area contributed by atoms with Gasteiger partial charge < -0.3 is 20.4 Å². The van der Waals surface area contributed by atoms with Gasteiger partial charge in [0.25, 0.3) is 0 Å². The first-order valence-corrected chi connectivity index (χ1v) is 18.7. The summed E-state index contributed by atoms with van der Waals surface area (Å²) in [5.74, 6) is 0.549. The molecule has 6 aromatic rings. The Morgan fingerprint density at radius 2 is 1.23 bits per heavy atom. The molecule has 0 saturated heterocycles. The maximum absolute atomic E-state index is 14.1. The lowest BCUT2D eigenvalue weighted by Crippen LogP contribution is -2.25. The van der Waals surface area contributed by atoms with Crippen molar-refractivity contribution in [2.45, 2.75) is 58.8 Å². The van der Waals surface area contributed by atoms with E-state index in [9.17, 15) is 17.6 Å². The minimum Gasteiger partial charge on any atom is -0.373 e. The third kappa shape index (κ3) is 7.55. The molecule has 3 aromatic heterocycles. The number of hydrogen-bond donors (Lipinski definition) is 2. The monoisotopic (exact) mass is 799 g/mol. The topological polar surface area (TPSA) is 113 Å². The van der Waals surface area contributed by atoms with Crippen LogP contribution in [-0.2, 0) is 17.3 Å². The van der Waals surface area contributed by atoms with Gasteiger partial charge in [0.05, 0.1) is 5.69 Å². The van der Waals surface area contributed by atoms with E-state index in [1.165, 1.54) is 12.1 Å². The average molecular weight is 800 g/mol. The van der Waals surface area contributed by atoms with Crippen molar-refractivity contribution in [3.63, 3.8) is 0 Å². The highest BCUT2D eigenvalue weighted by molar-refractivity contribution is 6.28. The maximum atomic E-state index is 14.1. The summed E-state index contributed by atoms with van der Waals surface area (Å²) in [7, 11) is 3.59. The van der Waals surface area contributed by atoms with Gasteiger partial charge in [-0.1, -0.05) is 39.8 Å². The van der Waals surface area contributed by atoms with E-state index in [1.54, 1.807) is 24.1 Å². The molecule has 0 amide bonds. The molecule has 5 heterocycles. The molecule has 2 aliphatic heterocycles. The molecule has 0 fully saturated rings. The lowest BCUT2D eigenvalue weighted by Gasteiger charge is -2.22. The van der Waals surface area contributed by atoms with E-state index in [4.69, 9.17) is 21.6 Å². The third-order valence-electron chi connectivity index (χ3n) is 10.2. The fraction of sp³-hybridized carbons (Fsp3) is 0.317. The van der Waals surface area contributed by atoms with Gasteiger partial charge in [-0.2, -0.15) is 10.1 Å². The van der Waals surface area contributed by atoms with E-state index in [0.29, 0.717) is 60.0 Å². The van der Waals surface area contributed by atoms with Crippen LogP contribution in [-0.4, -0.2) is 61.9 Å². The number of aromatic nitrogens is 7. The van der Waals surface area contributed by atoms with E-state index in [0.717, 1.165) is 52.0 Å². The molecule has 57 heavy (non-hydrogen) atoms. The molecule has 0 bridgehead atoms. The van der Waals surface area contributed by atoms with E-state index >= 15 is 0 Å². The summed E-state index contributed by atoms with van der Waals surface area (Å²) in [6, 6.07) is 13.9. The molecule has 3 aromatic carbocycles. The van der Waals surface area contributed by atoms with Crippen molar-refractivity contribution in [1.29, 1.82) is 0 Å². The highest BCUT2D eigenvalue weighted by atomic mass is 35.5. The van der Waals surface area contributed by atoms with Gasteiger partial charge in [0.15, 0.2) is 23.3 Å². The Morgan fingerprint density at radius 1 is 0.684 bits per heavy atom. The highest BCUT2D eigenvalue weighted by Gasteiger charge is 2.42. The number of rotatable bonds is 7. The second-order valence-electron chi connectivity index (χ2n) is 15.4. The van der Waals surface area contributed by atoms with Gasteiger partial charge in [-0.15, -0.1) is 0 Å². The summed E-state index contributed by atoms with van der Waals surface area (Å²) in [4.78, 5) is 26.2. The summed E-state index contributed by atoms with van der Waals surface area (Å²) in [5.41, 5.74) is 5.49. The molecule has 0 atom stereocenters. The van der Waals surface area contributed by atoms with Crippen molar-refractivity contribution in [3.05, 3.63) is 123 Å². The minimum atomic E-state index is -0.891. The first-order valence-electron chi connectivity index (χ1n) is 18.3. The third-order valence-corrected chi connectivity index (χ3v) is 10.3. The fourth-order valence-corrected chi connectivity index (χ4v) is 7.72. The summed E-state index contributed by atoms with van der Waals surface area (Å²) in [6.45, 7) is 13.3. The number of hydrogen-bond acceptors (Lipinski definition) is 10. The fourth-order valence-electron chi connectivity index (χ4n) is 7.55. The number of halogens is 5. The number of aryl methyl sites for hydroxylation is 2. The normalized spacial score (nSPS) is 14.9. The molecular formula is C41H42ClF4N11. The predicted octanol–water partition coefficient (Wildman–Crippen LogP) is 8.89. The molecule has 0 aliphatic carbocycles. The first kappa shape index (κ1) is 39.4. The Labute approximate surface area is 333 Å². The Morgan fingerprint density at radius 3 is 1.72 bits per heavy atom. The SMILES string of the molecule is CNc1nc(Cc2ccc(-n3cnc(C)n3)c(C)c2)nc2c1C(C)(C)CN2c1ccc(F)c(F)c1.CNc1nc(Cl)nc2c1C(C)(C)CN2c1ccc(F)c(F)c1. The Hall–Kier alpha value is -5.83. The number of anilines is 6. The smallest absolute Gasteiger partial charge is 0.226 e. The molecule has 2 aliphatic rings. The van der Waals surface area contributed by atoms with E-state index in [-0.39, 0.29) is 16.1 Å². The van der Waals surface area contributed by atoms with Crippen LogP contribution in [0, 0.1) is 37.1 Å². The van der Waals surface area contributed by atoms with Crippen molar-refractivity contribution >= 4 is 46.2 Å². The van der Waals surface area contributed by atoms with Crippen LogP contribution in [0.25, 0.3) is 5.69 Å². The van der Waals surface area contributed by atoms with Crippen molar-refractivity contribution in [3.8, 4) is 5.69 Å². The number of benzene rings is 3. The van der Waals surface area contributed by atoms with Gasteiger partial charge in [-0.05, 0) is 66.9 Å². The summed E-state index contributed by atoms with van der Waals surface area (Å²) >= 11 is 5.99. The standard InChI is InChI=1S/C26H27F2N7.C15H15ClF2N4/c1-15-10-17(6-9-21(15)35-14-30-16(2)33-35)11-22-31-24(29-5)23-25(32-22)34(13-26(23,3)4)18-7-8-19(27)20(28)12-18;1-15(2)7-22(8-4-5-9(17)10(18)6-8)13-11(15)12(19-3)20-14(16)21-13/h6-10,12,14H,11,13H2,1-5H3,(H,29,31,32);4-6H,7H2,1-3H3,(H,19,20,21). The van der Waals surface area contributed by atoms with Crippen LogP contribution >= 0.6 is 11.6 Å². The molecule has 0 unspecified atom stereocenters. The van der Waals surface area contributed by atoms with Crippen molar-refractivity contribution in [2.75, 3.05) is 47.6 Å². The molecule has 8 rings (SSSR count). The Bertz CT molecular complexity index is 2500. The summed E-state index contributed by atoms with van der Waals surface area (Å²) < 4.78 is 56.1. The molecule has 0 saturated carbocycles. The lowest BCUT2D eigenvalue weighted by atomic mass is 9.88. The van der Waals surface area contributed by atoms with Crippen LogP contribution in [0.15, 0.2) is 60.9 Å². The molecular weight excluding hydrogens is 758 g/mol. The van der Waals surface area contributed by atoms with E-state index in [2.05, 4.69) is 50.6 Å². The van der Waals surface area contributed by atoms with Crippen LogP contribution in [0.5, 0.6) is 0 Å². The van der Waals surface area contributed by atoms with Crippen molar-refractivity contribution < 1.29 is 17.6 Å². The summed E-state index contributed by atoms with van der Waals surface area (Å²) in [5, 5.41) is 10.7. The van der Waals surface area contributed by atoms with Crippen LogP contribution in [0.1, 0.15) is 61.6 Å². The van der Waals surface area contributed by atoms with E-state index in [1.807, 2.05) is 56.7 Å². The minimum absolute atomic E-state index is 0.105. The van der Waals surface area contributed by atoms with Crippen LogP contribution in [0.4, 0.5) is 52.2 Å². The highest BCUT2D eigenvalue weighted by Crippen LogP contribution is 2.48. The number of nitrogens with zero attached hydrogens (tertiary/aromatic N) is 9. The predicted molar refractivity (Wildman–Crippen MR) is 215 cm³/mol. The lowest BCUT2D eigenvalue weighted by molar-refractivity contribution is 0.508. The second-order valence-corrected chi connectivity index (χ2v) is 15.7. The summed E-state index contributed by atoms with van der Waals surface area (Å²) in [6.07, 6.45) is 2.22. The average Bonchev–Trinajstić information content (AvgIpc) is 3.80. The van der Waals surface area contributed by atoms with Crippen molar-refractivity contribution in [1.82, 2.24) is 34.7 Å². The molecule has 16 heteroatoms. The largest absolute Gasteiger partial charge is 0.373 e. The van der Waals surface area contributed by atoms with Crippen molar-refractivity contribution in [2.24, 2.45) is 0 Å². The Kier molecular flexibility index (Phi) is 10.3. The van der Waals surface area contributed by atoms with Gasteiger partial charge in [-0.3, -0.25) is 0 Å². The van der Waals surface area contributed by atoms with Gasteiger partial charge in [0.2, 0.25) is 5.28 Å². The Balaban J connectivity index is 0.000000194. The van der Waals surface area contributed by atoms with Crippen LogP contribution < -0.4 is 20.4 Å². The number of fused-ring (bicyclic) bond motifs is 2. The molecule has 11 nitrogen and oxygen atoms in total. The van der Waals surface area contributed by atoms with Gasteiger partial charge >= 0.3 is 0 Å². The second kappa shape index (κ2) is 14.9. The van der Waals surface area contributed by atoms with Gasteiger partial charge in [0, 0.05) is 79.1 Å².